The van der Waals surface area contributed by atoms with E-state index in [2.05, 4.69) is 65.3 Å². The summed E-state index contributed by atoms with van der Waals surface area (Å²) in [4.78, 5) is 9.67. The summed E-state index contributed by atoms with van der Waals surface area (Å²) in [5.41, 5.74) is 2.17. The Morgan fingerprint density at radius 1 is 1.03 bits per heavy atom. The second-order valence-corrected chi connectivity index (χ2v) is 13.6. The van der Waals surface area contributed by atoms with Crippen molar-refractivity contribution < 1.29 is 9.05 Å². The lowest BCUT2D eigenvalue weighted by molar-refractivity contribution is 0.413. The van der Waals surface area contributed by atoms with E-state index in [1.807, 2.05) is 36.4 Å². The molecule has 3 unspecified atom stereocenters. The Bertz CT molecular complexity index is 989. The molecule has 0 aliphatic rings. The number of rotatable bonds is 13. The van der Waals surface area contributed by atoms with Gasteiger partial charge in [0.1, 0.15) is 5.75 Å². The van der Waals surface area contributed by atoms with Crippen molar-refractivity contribution >= 4 is 58.6 Å². The van der Waals surface area contributed by atoms with Gasteiger partial charge < -0.3 is 9.42 Å². The van der Waals surface area contributed by atoms with Crippen LogP contribution in [0.15, 0.2) is 73.8 Å². The largest absolute Gasteiger partial charge is 0.540 e. The third-order valence-electron chi connectivity index (χ3n) is 3.85. The summed E-state index contributed by atoms with van der Waals surface area (Å²) >= 11 is 5.48. The minimum atomic E-state index is -1.32. The summed E-state index contributed by atoms with van der Waals surface area (Å²) in [6, 6.07) is 15.5. The number of likely N-dealkylation sites (N-methyl/N-ethyl adjacent to an activating group) is 1. The van der Waals surface area contributed by atoms with E-state index in [1.54, 1.807) is 18.0 Å². The Balaban J connectivity index is 1.81. The van der Waals surface area contributed by atoms with Crippen molar-refractivity contribution in [2.24, 2.45) is 25.3 Å². The van der Waals surface area contributed by atoms with Crippen LogP contribution >= 0.6 is 40.6 Å². The van der Waals surface area contributed by atoms with E-state index in [0.29, 0.717) is 22.3 Å². The molecule has 0 heterocycles. The molecule has 2 rings (SSSR count). The van der Waals surface area contributed by atoms with Gasteiger partial charge >= 0.3 is 7.07 Å². The van der Waals surface area contributed by atoms with Gasteiger partial charge in [-0.05, 0) is 86.4 Å². The standard InChI is InChI=1S/C18H25N7O2P5S/c1-24(2)13-12-15-4-10-18(11-5-15)27-32(33)25(3)19-14-16-6-8-17(9-7-16)26-29-22-20-21-23-30-31-28/h4-11,14,31H,12-13,28H2,1-3H3/q+1/b19-14+,21-20+. The molecule has 0 radical (unpaired) electrons. The van der Waals surface area contributed by atoms with E-state index in [0.717, 1.165) is 32.3 Å². The molecule has 3 atom stereocenters. The van der Waals surface area contributed by atoms with Crippen molar-refractivity contribution in [1.82, 2.24) is 9.68 Å². The first-order valence-electron chi connectivity index (χ1n) is 9.57. The average Bonchev–Trinajstić information content (AvgIpc) is 2.82. The molecule has 2 aromatic rings. The molecule has 174 valence electrons. The van der Waals surface area contributed by atoms with Crippen LogP contribution in [0.4, 0.5) is 0 Å². The second-order valence-electron chi connectivity index (χ2n) is 6.59. The molecule has 0 saturated heterocycles. The average molecular weight is 558 g/mol. The van der Waals surface area contributed by atoms with Gasteiger partial charge in [0.15, 0.2) is 5.75 Å². The Morgan fingerprint density at radius 2 is 1.70 bits per heavy atom. The number of hydrogen-bond acceptors (Lipinski definition) is 5. The van der Waals surface area contributed by atoms with E-state index >= 15 is 0 Å². The van der Waals surface area contributed by atoms with Crippen LogP contribution < -0.4 is 9.05 Å². The highest BCUT2D eigenvalue weighted by molar-refractivity contribution is 8.36. The van der Waals surface area contributed by atoms with Crippen molar-refractivity contribution in [2.75, 3.05) is 27.7 Å². The Morgan fingerprint density at radius 3 is 2.36 bits per heavy atom. The first-order chi connectivity index (χ1) is 16.0. The van der Waals surface area contributed by atoms with Gasteiger partial charge in [0.2, 0.25) is 11.8 Å². The van der Waals surface area contributed by atoms with Gasteiger partial charge in [0.05, 0.1) is 21.3 Å². The van der Waals surface area contributed by atoms with Gasteiger partial charge in [-0.25, -0.2) is 0 Å². The third-order valence-corrected chi connectivity index (χ3v) is 8.11. The molecule has 0 bridgehead atoms. The number of hydrogen-bond donors (Lipinski definition) is 0. The fraction of sp³-hybridized carbons (Fsp3) is 0.278. The number of nitrogens with zero attached hydrogens (tertiary/aromatic N) is 7. The van der Waals surface area contributed by atoms with Crippen LogP contribution in [-0.2, 0) is 18.2 Å². The summed E-state index contributed by atoms with van der Waals surface area (Å²) in [6.45, 7) is 1.01. The highest BCUT2D eigenvalue weighted by atomic mass is 32.4. The molecule has 0 N–H and O–H groups in total. The minimum Gasteiger partial charge on any atom is -0.422 e. The molecule has 0 aliphatic heterocycles. The zero-order valence-corrected chi connectivity index (χ0v) is 24.0. The molecule has 0 fully saturated rings. The molecule has 0 aliphatic carbocycles. The van der Waals surface area contributed by atoms with Crippen LogP contribution in [0.25, 0.3) is 0 Å². The summed E-state index contributed by atoms with van der Waals surface area (Å²) < 4.78 is 13.0. The fourth-order valence-corrected chi connectivity index (χ4v) is 4.32. The van der Waals surface area contributed by atoms with Gasteiger partial charge in [0.25, 0.3) is 8.60 Å². The minimum absolute atomic E-state index is 0.324. The van der Waals surface area contributed by atoms with Crippen LogP contribution in [0, 0.1) is 0 Å². The zero-order valence-electron chi connectivity index (χ0n) is 18.4. The van der Waals surface area contributed by atoms with E-state index in [1.165, 1.54) is 5.56 Å². The van der Waals surface area contributed by atoms with Crippen molar-refractivity contribution in [3.63, 3.8) is 0 Å². The van der Waals surface area contributed by atoms with E-state index in [9.17, 15) is 0 Å². The lowest BCUT2D eigenvalue weighted by atomic mass is 10.1. The van der Waals surface area contributed by atoms with E-state index in [4.69, 9.17) is 20.9 Å². The van der Waals surface area contributed by atoms with Gasteiger partial charge in [-0.15, -0.1) is 18.9 Å². The van der Waals surface area contributed by atoms with Crippen molar-refractivity contribution in [3.05, 3.63) is 59.7 Å². The predicted octanol–water partition coefficient (Wildman–Crippen LogP) is 7.13. The highest BCUT2D eigenvalue weighted by Crippen LogP contribution is 2.37. The molecule has 9 nitrogen and oxygen atoms in total. The molecule has 0 spiro atoms. The predicted molar refractivity (Wildman–Crippen MR) is 148 cm³/mol. The van der Waals surface area contributed by atoms with Crippen molar-refractivity contribution in [1.29, 1.82) is 0 Å². The van der Waals surface area contributed by atoms with Crippen LogP contribution in [0.2, 0.25) is 0 Å². The molecule has 2 aromatic carbocycles. The Kier molecular flexibility index (Phi) is 13.8. The van der Waals surface area contributed by atoms with Gasteiger partial charge in [-0.3, -0.25) is 4.52 Å². The van der Waals surface area contributed by atoms with Gasteiger partial charge in [-0.1, -0.05) is 21.8 Å². The van der Waals surface area contributed by atoms with Crippen molar-refractivity contribution in [3.8, 4) is 11.5 Å². The van der Waals surface area contributed by atoms with Crippen LogP contribution in [-0.4, -0.2) is 43.6 Å². The molecule has 15 heteroatoms. The Hall–Kier alpha value is -1.35. The Labute approximate surface area is 207 Å². The second kappa shape index (κ2) is 16.3. The van der Waals surface area contributed by atoms with Gasteiger partial charge in [0, 0.05) is 6.54 Å². The lowest BCUT2D eigenvalue weighted by Crippen LogP contribution is -2.14. The van der Waals surface area contributed by atoms with E-state index < -0.39 is 7.07 Å². The summed E-state index contributed by atoms with van der Waals surface area (Å²) in [5.74, 6) is 1.40. The highest BCUT2D eigenvalue weighted by Gasteiger charge is 2.20. The van der Waals surface area contributed by atoms with Crippen LogP contribution in [0.1, 0.15) is 11.1 Å². The molecule has 0 saturated carbocycles. The SMILES string of the molecule is CN(C)CCc1ccc(O[P+](=S)N(C)/N=C/c2ccc(OP=N/N=N/N=PPP)cc2)cc1. The van der Waals surface area contributed by atoms with Crippen LogP contribution in [0.5, 0.6) is 11.5 Å². The van der Waals surface area contributed by atoms with E-state index in [-0.39, 0.29) is 0 Å². The normalized spacial score (nSPS) is 12.8. The molecule has 33 heavy (non-hydrogen) atoms. The quantitative estimate of drug-likeness (QED) is 0.113. The monoisotopic (exact) mass is 558 g/mol. The van der Waals surface area contributed by atoms with Crippen molar-refractivity contribution in [2.45, 2.75) is 6.42 Å². The smallest absolute Gasteiger partial charge is 0.422 e. The molecular weight excluding hydrogens is 533 g/mol. The number of benzene rings is 2. The first kappa shape index (κ1) is 27.9. The third kappa shape index (κ3) is 12.1. The molecule has 0 aromatic heterocycles. The zero-order chi connectivity index (χ0) is 23.9. The lowest BCUT2D eigenvalue weighted by Gasteiger charge is -2.09. The molecular formula is C18H25N7O2P5S+. The topological polar surface area (TPSA) is 86.7 Å². The number of hydrazone groups is 1. The summed E-state index contributed by atoms with van der Waals surface area (Å²) in [6.07, 6.45) is 2.72. The van der Waals surface area contributed by atoms with Crippen LogP contribution in [0.3, 0.4) is 0 Å². The first-order valence-corrected chi connectivity index (χ1v) is 17.1. The maximum Gasteiger partial charge on any atom is 0.540 e. The maximum atomic E-state index is 5.88. The fourth-order valence-electron chi connectivity index (χ4n) is 2.19. The summed E-state index contributed by atoms with van der Waals surface area (Å²) in [5, 5.41) is 11.5. The molecule has 0 amide bonds. The maximum absolute atomic E-state index is 5.88. The summed E-state index contributed by atoms with van der Waals surface area (Å²) in [7, 11) is 8.97. The van der Waals surface area contributed by atoms with Gasteiger partial charge in [-0.2, -0.15) is 0 Å².